The molecule has 4 nitrogen and oxygen atoms in total. The fourth-order valence-electron chi connectivity index (χ4n) is 1.88. The monoisotopic (exact) mass is 192 g/mol. The highest BCUT2D eigenvalue weighted by atomic mass is 15.1. The zero-order valence-corrected chi connectivity index (χ0v) is 8.19. The van der Waals surface area contributed by atoms with Crippen molar-refractivity contribution in [2.24, 2.45) is 5.73 Å². The maximum Gasteiger partial charge on any atom is 0.222 e. The highest BCUT2D eigenvalue weighted by Crippen LogP contribution is 2.19. The molecular weight excluding hydrogens is 176 g/mol. The van der Waals surface area contributed by atoms with Crippen LogP contribution in [0.15, 0.2) is 18.5 Å². The van der Waals surface area contributed by atoms with Gasteiger partial charge >= 0.3 is 0 Å². The van der Waals surface area contributed by atoms with E-state index in [0.29, 0.717) is 12.0 Å². The summed E-state index contributed by atoms with van der Waals surface area (Å²) in [7, 11) is 0. The molecule has 1 aliphatic rings. The molecule has 1 fully saturated rings. The second-order valence-corrected chi connectivity index (χ2v) is 3.77. The molecule has 0 bridgehead atoms. The fraction of sp³-hybridized carbons (Fsp3) is 0.600. The third-order valence-electron chi connectivity index (χ3n) is 2.70. The molecular formula is C10H16N4. The molecule has 1 aromatic heterocycles. The van der Waals surface area contributed by atoms with Crippen LogP contribution in [0.2, 0.25) is 0 Å². The van der Waals surface area contributed by atoms with Gasteiger partial charge in [-0.05, 0) is 18.9 Å². The van der Waals surface area contributed by atoms with Crippen LogP contribution in [-0.2, 0) is 0 Å². The Morgan fingerprint density at radius 1 is 1.21 bits per heavy atom. The van der Waals surface area contributed by atoms with Crippen LogP contribution in [0.1, 0.15) is 25.7 Å². The molecule has 4 heteroatoms. The van der Waals surface area contributed by atoms with Gasteiger partial charge in [-0.15, -0.1) is 0 Å². The third-order valence-corrected chi connectivity index (χ3v) is 2.70. The summed E-state index contributed by atoms with van der Waals surface area (Å²) in [6.45, 7) is 0. The smallest absolute Gasteiger partial charge is 0.222 e. The fourth-order valence-corrected chi connectivity index (χ4v) is 1.88. The van der Waals surface area contributed by atoms with Gasteiger partial charge in [-0.3, -0.25) is 0 Å². The third kappa shape index (κ3) is 2.20. The number of rotatable bonds is 2. The van der Waals surface area contributed by atoms with Crippen molar-refractivity contribution < 1.29 is 0 Å². The Labute approximate surface area is 83.9 Å². The molecule has 14 heavy (non-hydrogen) atoms. The molecule has 0 radical (unpaired) electrons. The molecule has 3 N–H and O–H groups in total. The van der Waals surface area contributed by atoms with Crippen LogP contribution in [-0.4, -0.2) is 22.1 Å². The Hall–Kier alpha value is -1.16. The Bertz CT molecular complexity index is 275. The van der Waals surface area contributed by atoms with E-state index in [1.807, 2.05) is 6.07 Å². The van der Waals surface area contributed by atoms with Gasteiger partial charge in [0.25, 0.3) is 0 Å². The van der Waals surface area contributed by atoms with Gasteiger partial charge in [0.15, 0.2) is 0 Å². The molecule has 0 saturated heterocycles. The van der Waals surface area contributed by atoms with Gasteiger partial charge in [-0.25, -0.2) is 9.97 Å². The Morgan fingerprint density at radius 3 is 2.64 bits per heavy atom. The van der Waals surface area contributed by atoms with Crippen LogP contribution in [0.4, 0.5) is 5.95 Å². The van der Waals surface area contributed by atoms with Crippen molar-refractivity contribution in [2.45, 2.75) is 37.8 Å². The second-order valence-electron chi connectivity index (χ2n) is 3.77. The predicted molar refractivity (Wildman–Crippen MR) is 55.9 cm³/mol. The van der Waals surface area contributed by atoms with Crippen molar-refractivity contribution in [3.63, 3.8) is 0 Å². The van der Waals surface area contributed by atoms with E-state index in [1.54, 1.807) is 12.4 Å². The second kappa shape index (κ2) is 4.37. The zero-order valence-electron chi connectivity index (χ0n) is 8.19. The molecule has 0 spiro atoms. The topological polar surface area (TPSA) is 63.8 Å². The summed E-state index contributed by atoms with van der Waals surface area (Å²) in [5.41, 5.74) is 6.01. The average Bonchev–Trinajstić information content (AvgIpc) is 2.23. The molecule has 2 atom stereocenters. The van der Waals surface area contributed by atoms with Gasteiger partial charge in [0, 0.05) is 24.5 Å². The summed E-state index contributed by atoms with van der Waals surface area (Å²) in [5, 5.41) is 3.28. The summed E-state index contributed by atoms with van der Waals surface area (Å²) in [6.07, 6.45) is 8.20. The number of hydrogen-bond donors (Lipinski definition) is 2. The van der Waals surface area contributed by atoms with Crippen molar-refractivity contribution >= 4 is 5.95 Å². The summed E-state index contributed by atoms with van der Waals surface area (Å²) in [4.78, 5) is 8.26. The van der Waals surface area contributed by atoms with Gasteiger partial charge in [0.1, 0.15) is 0 Å². The molecule has 1 aliphatic carbocycles. The van der Waals surface area contributed by atoms with Crippen molar-refractivity contribution in [1.82, 2.24) is 9.97 Å². The van der Waals surface area contributed by atoms with E-state index in [1.165, 1.54) is 12.8 Å². The zero-order chi connectivity index (χ0) is 9.80. The molecule has 1 aromatic rings. The maximum absolute atomic E-state index is 6.01. The Balaban J connectivity index is 1.96. The van der Waals surface area contributed by atoms with Gasteiger partial charge in [0.05, 0.1) is 0 Å². The van der Waals surface area contributed by atoms with Gasteiger partial charge < -0.3 is 11.1 Å². The van der Waals surface area contributed by atoms with E-state index in [9.17, 15) is 0 Å². The summed E-state index contributed by atoms with van der Waals surface area (Å²) >= 11 is 0. The van der Waals surface area contributed by atoms with Gasteiger partial charge in [-0.2, -0.15) is 0 Å². The average molecular weight is 192 g/mol. The number of nitrogens with two attached hydrogens (primary N) is 1. The lowest BCUT2D eigenvalue weighted by atomic mass is 9.91. The molecule has 0 unspecified atom stereocenters. The van der Waals surface area contributed by atoms with Crippen LogP contribution >= 0.6 is 0 Å². The lowest BCUT2D eigenvalue weighted by Crippen LogP contribution is -2.42. The van der Waals surface area contributed by atoms with Crippen molar-refractivity contribution in [3.05, 3.63) is 18.5 Å². The minimum Gasteiger partial charge on any atom is -0.350 e. The number of nitrogens with zero attached hydrogens (tertiary/aromatic N) is 2. The highest BCUT2D eigenvalue weighted by Gasteiger charge is 2.21. The minimum absolute atomic E-state index is 0.243. The molecule has 0 aliphatic heterocycles. The molecule has 1 saturated carbocycles. The number of hydrogen-bond acceptors (Lipinski definition) is 4. The number of aromatic nitrogens is 2. The van der Waals surface area contributed by atoms with Gasteiger partial charge in [-0.1, -0.05) is 12.8 Å². The van der Waals surface area contributed by atoms with Crippen LogP contribution < -0.4 is 11.1 Å². The predicted octanol–water partition coefficient (Wildman–Crippen LogP) is 1.16. The van der Waals surface area contributed by atoms with E-state index >= 15 is 0 Å². The Morgan fingerprint density at radius 2 is 1.93 bits per heavy atom. The first-order valence-electron chi connectivity index (χ1n) is 5.15. The molecule has 2 rings (SSSR count). The largest absolute Gasteiger partial charge is 0.350 e. The van der Waals surface area contributed by atoms with Crippen molar-refractivity contribution in [1.29, 1.82) is 0 Å². The van der Waals surface area contributed by atoms with Crippen LogP contribution in [0.25, 0.3) is 0 Å². The number of nitrogens with one attached hydrogen (secondary N) is 1. The molecule has 0 aromatic carbocycles. The van der Waals surface area contributed by atoms with E-state index in [0.717, 1.165) is 12.8 Å². The SMILES string of the molecule is N[C@H]1CCCC[C@@H]1Nc1ncccn1. The normalized spacial score (nSPS) is 27.2. The Kier molecular flexibility index (Phi) is 2.93. The first kappa shape index (κ1) is 9.40. The van der Waals surface area contributed by atoms with E-state index in [4.69, 9.17) is 5.73 Å². The molecule has 1 heterocycles. The first-order chi connectivity index (χ1) is 6.86. The van der Waals surface area contributed by atoms with Crippen LogP contribution in [0.5, 0.6) is 0 Å². The first-order valence-corrected chi connectivity index (χ1v) is 5.15. The quantitative estimate of drug-likeness (QED) is 0.738. The van der Waals surface area contributed by atoms with E-state index < -0.39 is 0 Å². The standard InChI is InChI=1S/C10H16N4/c11-8-4-1-2-5-9(8)14-10-12-6-3-7-13-10/h3,6-9H,1-2,4-5,11H2,(H,12,13,14)/t8-,9-/m0/s1. The summed E-state index contributed by atoms with van der Waals surface area (Å²) in [5.74, 6) is 0.690. The summed E-state index contributed by atoms with van der Waals surface area (Å²) in [6, 6.07) is 2.39. The molecule has 0 amide bonds. The molecule has 76 valence electrons. The van der Waals surface area contributed by atoms with Crippen molar-refractivity contribution in [3.8, 4) is 0 Å². The summed E-state index contributed by atoms with van der Waals surface area (Å²) < 4.78 is 0. The van der Waals surface area contributed by atoms with E-state index in [2.05, 4.69) is 15.3 Å². The highest BCUT2D eigenvalue weighted by molar-refractivity contribution is 5.25. The lowest BCUT2D eigenvalue weighted by Gasteiger charge is -2.29. The maximum atomic E-state index is 6.01. The van der Waals surface area contributed by atoms with Crippen molar-refractivity contribution in [2.75, 3.05) is 5.32 Å². The van der Waals surface area contributed by atoms with Crippen LogP contribution in [0.3, 0.4) is 0 Å². The van der Waals surface area contributed by atoms with Crippen LogP contribution in [0, 0.1) is 0 Å². The lowest BCUT2D eigenvalue weighted by molar-refractivity contribution is 0.402. The van der Waals surface area contributed by atoms with E-state index in [-0.39, 0.29) is 6.04 Å². The minimum atomic E-state index is 0.243. The van der Waals surface area contributed by atoms with Gasteiger partial charge in [0.2, 0.25) is 5.95 Å². The number of anilines is 1.